The standard InChI is InChI=1S/C28H31F2N5O4/c1-17-22(30)14-18(26(37)33-20-3-4-20)15-23(17)35-11-8-32-25(27(35)38)34-28(6-7-28)21-16-19(29)2-5-24(21)39-13-10-31-9-12-36/h2,5,8,11,14-16,20,31,36H,3-4,6-7,9-10,12-13H2,1H3,(H,32,34)(H,33,37). The lowest BCUT2D eigenvalue weighted by Gasteiger charge is -2.22. The molecule has 5 rings (SSSR count). The van der Waals surface area contributed by atoms with E-state index in [4.69, 9.17) is 9.84 Å². The fraction of sp³-hybridized carbons (Fsp3) is 0.393. The number of nitrogens with one attached hydrogen (secondary N) is 3. The van der Waals surface area contributed by atoms with Crippen LogP contribution in [0.5, 0.6) is 5.75 Å². The van der Waals surface area contributed by atoms with E-state index in [1.54, 1.807) is 13.0 Å². The van der Waals surface area contributed by atoms with E-state index in [9.17, 15) is 18.4 Å². The summed E-state index contributed by atoms with van der Waals surface area (Å²) in [7, 11) is 0. The van der Waals surface area contributed by atoms with E-state index in [-0.39, 0.29) is 41.2 Å². The number of anilines is 1. The lowest BCUT2D eigenvalue weighted by molar-refractivity contribution is 0.0950. The molecule has 2 aromatic carbocycles. The predicted molar refractivity (Wildman–Crippen MR) is 141 cm³/mol. The molecule has 0 spiro atoms. The Morgan fingerprint density at radius 3 is 2.72 bits per heavy atom. The van der Waals surface area contributed by atoms with Gasteiger partial charge in [-0.1, -0.05) is 0 Å². The Kier molecular flexibility index (Phi) is 7.62. The van der Waals surface area contributed by atoms with Crippen molar-refractivity contribution < 1.29 is 23.4 Å². The molecule has 2 aliphatic carbocycles. The maximum Gasteiger partial charge on any atom is 0.297 e. The van der Waals surface area contributed by atoms with Crippen LogP contribution in [0.4, 0.5) is 14.6 Å². The van der Waals surface area contributed by atoms with Gasteiger partial charge in [-0.25, -0.2) is 13.8 Å². The van der Waals surface area contributed by atoms with Crippen LogP contribution in [-0.4, -0.2) is 52.9 Å². The summed E-state index contributed by atoms with van der Waals surface area (Å²) in [5.74, 6) is -0.923. The zero-order valence-electron chi connectivity index (χ0n) is 21.6. The first-order chi connectivity index (χ1) is 18.8. The molecule has 2 saturated carbocycles. The molecule has 0 aliphatic heterocycles. The molecule has 0 atom stereocenters. The number of carbonyl (C=O) groups excluding carboxylic acids is 1. The lowest BCUT2D eigenvalue weighted by Crippen LogP contribution is -2.30. The second-order valence-corrected chi connectivity index (χ2v) is 9.97. The van der Waals surface area contributed by atoms with Gasteiger partial charge < -0.3 is 25.8 Å². The van der Waals surface area contributed by atoms with Gasteiger partial charge in [0.25, 0.3) is 11.5 Å². The van der Waals surface area contributed by atoms with Crippen molar-refractivity contribution in [2.45, 2.75) is 44.2 Å². The maximum atomic E-state index is 14.8. The van der Waals surface area contributed by atoms with Gasteiger partial charge in [-0.15, -0.1) is 0 Å². The molecule has 0 saturated heterocycles. The van der Waals surface area contributed by atoms with Crippen LogP contribution in [0.3, 0.4) is 0 Å². The zero-order chi connectivity index (χ0) is 27.6. The third-order valence-corrected chi connectivity index (χ3v) is 6.98. The van der Waals surface area contributed by atoms with Gasteiger partial charge in [-0.2, -0.15) is 0 Å². The van der Waals surface area contributed by atoms with Crippen molar-refractivity contribution in [3.8, 4) is 11.4 Å². The molecule has 9 nitrogen and oxygen atoms in total. The van der Waals surface area contributed by atoms with Crippen LogP contribution >= 0.6 is 0 Å². The van der Waals surface area contributed by atoms with Gasteiger partial charge in [0.1, 0.15) is 24.0 Å². The van der Waals surface area contributed by atoms with Crippen LogP contribution in [0.15, 0.2) is 47.5 Å². The van der Waals surface area contributed by atoms with E-state index in [0.717, 1.165) is 12.8 Å². The van der Waals surface area contributed by atoms with Gasteiger partial charge in [-0.05, 0) is 62.9 Å². The fourth-order valence-electron chi connectivity index (χ4n) is 4.48. The minimum absolute atomic E-state index is 0.0144. The highest BCUT2D eigenvalue weighted by Crippen LogP contribution is 2.51. The van der Waals surface area contributed by atoms with E-state index in [1.807, 2.05) is 0 Å². The Balaban J connectivity index is 1.42. The maximum absolute atomic E-state index is 14.8. The topological polar surface area (TPSA) is 118 Å². The molecule has 11 heteroatoms. The Hall–Kier alpha value is -3.83. The monoisotopic (exact) mass is 539 g/mol. The first-order valence-corrected chi connectivity index (χ1v) is 13.0. The minimum Gasteiger partial charge on any atom is -0.492 e. The zero-order valence-corrected chi connectivity index (χ0v) is 21.6. The summed E-state index contributed by atoms with van der Waals surface area (Å²) in [5.41, 5.74) is -0.129. The summed E-state index contributed by atoms with van der Waals surface area (Å²) in [6.45, 7) is 2.80. The molecule has 39 heavy (non-hydrogen) atoms. The smallest absolute Gasteiger partial charge is 0.297 e. The largest absolute Gasteiger partial charge is 0.492 e. The number of carbonyl (C=O) groups is 1. The van der Waals surface area contributed by atoms with Crippen LogP contribution in [0.2, 0.25) is 0 Å². The van der Waals surface area contributed by atoms with Crippen molar-refractivity contribution in [1.29, 1.82) is 0 Å². The molecule has 2 fully saturated rings. The highest BCUT2D eigenvalue weighted by molar-refractivity contribution is 5.95. The number of rotatable bonds is 12. The van der Waals surface area contributed by atoms with E-state index >= 15 is 0 Å². The number of nitrogens with zero attached hydrogens (tertiary/aromatic N) is 2. The summed E-state index contributed by atoms with van der Waals surface area (Å²) in [6, 6.07) is 7.03. The molecule has 3 aromatic rings. The predicted octanol–water partition coefficient (Wildman–Crippen LogP) is 2.77. The van der Waals surface area contributed by atoms with Gasteiger partial charge in [0.15, 0.2) is 5.82 Å². The van der Waals surface area contributed by atoms with Crippen LogP contribution in [0.1, 0.15) is 47.2 Å². The van der Waals surface area contributed by atoms with Crippen LogP contribution < -0.4 is 26.2 Å². The van der Waals surface area contributed by atoms with Crippen molar-refractivity contribution >= 4 is 11.7 Å². The molecule has 206 valence electrons. The Bertz CT molecular complexity index is 1440. The SMILES string of the molecule is Cc1c(F)cc(C(=O)NC2CC2)cc1-n1ccnc(NC2(c3cc(F)ccc3OCCNCCO)CC2)c1=O. The molecule has 0 bridgehead atoms. The molecule has 1 aromatic heterocycles. The van der Waals surface area contributed by atoms with E-state index in [2.05, 4.69) is 20.9 Å². The van der Waals surface area contributed by atoms with E-state index in [1.165, 1.54) is 41.2 Å². The average molecular weight is 540 g/mol. The number of aromatic nitrogens is 2. The van der Waals surface area contributed by atoms with Gasteiger partial charge in [0.05, 0.1) is 17.8 Å². The molecular weight excluding hydrogens is 508 g/mol. The average Bonchev–Trinajstić information content (AvgIpc) is 3.85. The number of aliphatic hydroxyl groups excluding tert-OH is 1. The first-order valence-electron chi connectivity index (χ1n) is 13.0. The van der Waals surface area contributed by atoms with Crippen molar-refractivity contribution in [2.75, 3.05) is 31.6 Å². The van der Waals surface area contributed by atoms with Gasteiger partial charge in [0, 0.05) is 48.2 Å². The van der Waals surface area contributed by atoms with E-state index in [0.29, 0.717) is 43.9 Å². The fourth-order valence-corrected chi connectivity index (χ4v) is 4.48. The molecule has 1 amide bonds. The normalized spacial score (nSPS) is 15.6. The van der Waals surface area contributed by atoms with Crippen molar-refractivity contribution in [1.82, 2.24) is 20.2 Å². The third kappa shape index (κ3) is 5.94. The molecule has 4 N–H and O–H groups in total. The Morgan fingerprint density at radius 2 is 2.00 bits per heavy atom. The molecular formula is C28H31F2N5O4. The number of hydrogen-bond acceptors (Lipinski definition) is 7. The molecule has 0 unspecified atom stereocenters. The summed E-state index contributed by atoms with van der Waals surface area (Å²) < 4.78 is 36.3. The number of ether oxygens (including phenoxy) is 1. The Morgan fingerprint density at radius 1 is 1.21 bits per heavy atom. The molecule has 1 heterocycles. The van der Waals surface area contributed by atoms with E-state index < -0.39 is 22.7 Å². The van der Waals surface area contributed by atoms with Crippen LogP contribution in [0, 0.1) is 18.6 Å². The van der Waals surface area contributed by atoms with Crippen molar-refractivity contribution in [3.05, 3.63) is 81.4 Å². The second kappa shape index (κ2) is 11.1. The minimum atomic E-state index is -0.756. The van der Waals surface area contributed by atoms with Crippen molar-refractivity contribution in [3.63, 3.8) is 0 Å². The summed E-state index contributed by atoms with van der Waals surface area (Å²) in [5, 5.41) is 18.0. The van der Waals surface area contributed by atoms with Crippen molar-refractivity contribution in [2.24, 2.45) is 0 Å². The Labute approximate surface area is 224 Å². The first kappa shape index (κ1) is 26.8. The number of aliphatic hydroxyl groups is 1. The van der Waals surface area contributed by atoms with Gasteiger partial charge in [-0.3, -0.25) is 14.2 Å². The number of hydrogen-bond donors (Lipinski definition) is 4. The highest BCUT2D eigenvalue weighted by Gasteiger charge is 2.47. The summed E-state index contributed by atoms with van der Waals surface area (Å²) >= 11 is 0. The van der Waals surface area contributed by atoms with Gasteiger partial charge >= 0.3 is 0 Å². The quantitative estimate of drug-likeness (QED) is 0.262. The molecule has 0 radical (unpaired) electrons. The third-order valence-electron chi connectivity index (χ3n) is 6.98. The highest BCUT2D eigenvalue weighted by atomic mass is 19.1. The van der Waals surface area contributed by atoms with Crippen LogP contribution in [-0.2, 0) is 5.54 Å². The van der Waals surface area contributed by atoms with Crippen LogP contribution in [0.25, 0.3) is 5.69 Å². The summed E-state index contributed by atoms with van der Waals surface area (Å²) in [4.78, 5) is 30.4. The second-order valence-electron chi connectivity index (χ2n) is 9.97. The lowest BCUT2D eigenvalue weighted by atomic mass is 10.0. The summed E-state index contributed by atoms with van der Waals surface area (Å²) in [6.07, 6.45) is 5.88. The number of halogens is 2. The number of amides is 1. The molecule has 2 aliphatic rings. The number of benzene rings is 2. The van der Waals surface area contributed by atoms with Gasteiger partial charge in [0.2, 0.25) is 0 Å².